The van der Waals surface area contributed by atoms with Gasteiger partial charge in [0.25, 0.3) is 0 Å². The summed E-state index contributed by atoms with van der Waals surface area (Å²) in [6.07, 6.45) is 7.55. The first-order chi connectivity index (χ1) is 8.16. The number of hydrogen-bond donors (Lipinski definition) is 0. The molecule has 2 rings (SSSR count). The Kier molecular flexibility index (Phi) is 4.54. The van der Waals surface area contributed by atoms with Crippen LogP contribution in [0.3, 0.4) is 0 Å². The van der Waals surface area contributed by atoms with Crippen LogP contribution in [0.4, 0.5) is 0 Å². The van der Waals surface area contributed by atoms with Gasteiger partial charge in [-0.1, -0.05) is 47.8 Å². The second kappa shape index (κ2) is 5.75. The van der Waals surface area contributed by atoms with Gasteiger partial charge in [-0.2, -0.15) is 0 Å². The predicted molar refractivity (Wildman–Crippen MR) is 78.7 cm³/mol. The zero-order valence-electron chi connectivity index (χ0n) is 10.4. The third-order valence-corrected chi connectivity index (χ3v) is 5.38. The minimum atomic E-state index is 0.282. The summed E-state index contributed by atoms with van der Waals surface area (Å²) in [5.41, 5.74) is 1.74. The van der Waals surface area contributed by atoms with E-state index in [1.807, 2.05) is 0 Å². The molecule has 0 radical (unpaired) electrons. The molecule has 2 heteroatoms. The molecule has 1 unspecified atom stereocenters. The van der Waals surface area contributed by atoms with Crippen molar-refractivity contribution in [2.75, 3.05) is 0 Å². The molecule has 0 nitrogen and oxygen atoms in total. The van der Waals surface area contributed by atoms with Gasteiger partial charge in [-0.05, 0) is 48.8 Å². The van der Waals surface area contributed by atoms with Crippen molar-refractivity contribution < 1.29 is 0 Å². The van der Waals surface area contributed by atoms with Gasteiger partial charge in [-0.3, -0.25) is 0 Å². The highest BCUT2D eigenvalue weighted by Gasteiger charge is 2.38. The fourth-order valence-electron chi connectivity index (χ4n) is 3.05. The lowest BCUT2D eigenvalue weighted by atomic mass is 9.78. The van der Waals surface area contributed by atoms with Crippen molar-refractivity contribution in [2.24, 2.45) is 5.41 Å². The van der Waals surface area contributed by atoms with Crippen molar-refractivity contribution in [1.29, 1.82) is 0 Å². The van der Waals surface area contributed by atoms with Crippen LogP contribution in [0.15, 0.2) is 28.7 Å². The van der Waals surface area contributed by atoms with Crippen LogP contribution in [0.25, 0.3) is 0 Å². The molecule has 1 aliphatic carbocycles. The van der Waals surface area contributed by atoms with E-state index in [-0.39, 0.29) is 5.38 Å². The van der Waals surface area contributed by atoms with Crippen molar-refractivity contribution >= 4 is 27.5 Å². The Hall–Kier alpha value is -0.0100. The molecule has 1 fully saturated rings. The van der Waals surface area contributed by atoms with Gasteiger partial charge in [0.15, 0.2) is 0 Å². The summed E-state index contributed by atoms with van der Waals surface area (Å²) >= 11 is 10.2. The van der Waals surface area contributed by atoms with Crippen LogP contribution < -0.4 is 0 Å². The first-order valence-corrected chi connectivity index (χ1v) is 7.78. The van der Waals surface area contributed by atoms with E-state index in [0.29, 0.717) is 5.41 Å². The Morgan fingerprint density at radius 3 is 2.65 bits per heavy atom. The molecule has 0 aliphatic heterocycles. The van der Waals surface area contributed by atoms with E-state index in [9.17, 15) is 0 Å². The minimum absolute atomic E-state index is 0.282. The predicted octanol–water partition coefficient (Wildman–Crippen LogP) is 5.57. The van der Waals surface area contributed by atoms with Crippen LogP contribution in [-0.4, -0.2) is 5.38 Å². The highest BCUT2D eigenvalue weighted by Crippen LogP contribution is 2.47. The van der Waals surface area contributed by atoms with Gasteiger partial charge in [0.1, 0.15) is 0 Å². The molecule has 0 spiro atoms. The molecule has 1 aromatic carbocycles. The van der Waals surface area contributed by atoms with Gasteiger partial charge in [0.2, 0.25) is 0 Å². The molecule has 0 N–H and O–H groups in total. The molecule has 0 heterocycles. The first-order valence-electron chi connectivity index (χ1n) is 6.55. The first kappa shape index (κ1) is 13.4. The van der Waals surface area contributed by atoms with Crippen LogP contribution in [0.5, 0.6) is 0 Å². The van der Waals surface area contributed by atoms with E-state index in [1.54, 1.807) is 0 Å². The summed E-state index contributed by atoms with van der Waals surface area (Å²) in [4.78, 5) is 0. The lowest BCUT2D eigenvalue weighted by molar-refractivity contribution is 0.267. The van der Waals surface area contributed by atoms with Crippen molar-refractivity contribution in [3.63, 3.8) is 0 Å². The van der Waals surface area contributed by atoms with Gasteiger partial charge in [0.05, 0.1) is 0 Å². The van der Waals surface area contributed by atoms with Crippen LogP contribution >= 0.6 is 27.5 Å². The quantitative estimate of drug-likeness (QED) is 0.637. The average Bonchev–Trinajstić information content (AvgIpc) is 2.78. The van der Waals surface area contributed by atoms with Gasteiger partial charge in [-0.15, -0.1) is 11.6 Å². The molecule has 1 atom stereocenters. The Labute approximate surface area is 118 Å². The molecular formula is C15H20BrCl. The molecule has 1 aromatic rings. The van der Waals surface area contributed by atoms with Gasteiger partial charge in [-0.25, -0.2) is 0 Å². The van der Waals surface area contributed by atoms with Crippen molar-refractivity contribution in [1.82, 2.24) is 0 Å². The summed E-state index contributed by atoms with van der Waals surface area (Å²) in [5, 5.41) is 0.282. The van der Waals surface area contributed by atoms with E-state index < -0.39 is 0 Å². The Bertz CT molecular complexity index is 369. The number of alkyl halides is 1. The maximum absolute atomic E-state index is 6.72. The highest BCUT2D eigenvalue weighted by molar-refractivity contribution is 9.10. The van der Waals surface area contributed by atoms with Crippen LogP contribution in [0, 0.1) is 5.41 Å². The van der Waals surface area contributed by atoms with Gasteiger partial charge in [0, 0.05) is 9.85 Å². The highest BCUT2D eigenvalue weighted by atomic mass is 79.9. The van der Waals surface area contributed by atoms with E-state index in [1.165, 1.54) is 37.7 Å². The fraction of sp³-hybridized carbons (Fsp3) is 0.600. The van der Waals surface area contributed by atoms with Crippen molar-refractivity contribution in [2.45, 2.75) is 50.8 Å². The van der Waals surface area contributed by atoms with E-state index in [4.69, 9.17) is 11.6 Å². The third-order valence-electron chi connectivity index (χ3n) is 4.27. The van der Waals surface area contributed by atoms with Crippen LogP contribution in [0.1, 0.15) is 44.6 Å². The zero-order chi connectivity index (χ0) is 12.3. The molecule has 0 saturated heterocycles. The molecule has 1 aliphatic rings. The molecular weight excluding hydrogens is 296 g/mol. The number of benzene rings is 1. The minimum Gasteiger partial charge on any atom is -0.122 e. The van der Waals surface area contributed by atoms with E-state index in [0.717, 1.165) is 10.9 Å². The molecule has 17 heavy (non-hydrogen) atoms. The smallest absolute Gasteiger partial charge is 0.0432 e. The molecule has 0 aromatic heterocycles. The van der Waals surface area contributed by atoms with E-state index >= 15 is 0 Å². The van der Waals surface area contributed by atoms with Crippen LogP contribution in [-0.2, 0) is 6.42 Å². The van der Waals surface area contributed by atoms with Crippen LogP contribution in [0.2, 0.25) is 0 Å². The summed E-state index contributed by atoms with van der Waals surface area (Å²) in [6.45, 7) is 2.29. The van der Waals surface area contributed by atoms with Crippen molar-refractivity contribution in [3.05, 3.63) is 34.3 Å². The van der Waals surface area contributed by atoms with E-state index in [2.05, 4.69) is 47.1 Å². The molecule has 0 bridgehead atoms. The monoisotopic (exact) mass is 314 g/mol. The van der Waals surface area contributed by atoms with Gasteiger partial charge < -0.3 is 0 Å². The van der Waals surface area contributed by atoms with Crippen molar-refractivity contribution in [3.8, 4) is 0 Å². The Morgan fingerprint density at radius 2 is 2.06 bits per heavy atom. The summed E-state index contributed by atoms with van der Waals surface area (Å²) in [7, 11) is 0. The molecule has 1 saturated carbocycles. The average molecular weight is 316 g/mol. The molecule has 0 amide bonds. The summed E-state index contributed by atoms with van der Waals surface area (Å²) in [6, 6.07) is 8.53. The number of hydrogen-bond acceptors (Lipinski definition) is 0. The van der Waals surface area contributed by atoms with Gasteiger partial charge >= 0.3 is 0 Å². The number of halogens is 2. The SMILES string of the molecule is CCC1(C(Cl)Cc2cccc(Br)c2)CCCC1. The normalized spacial score (nSPS) is 20.4. The maximum atomic E-state index is 6.72. The number of rotatable bonds is 4. The summed E-state index contributed by atoms with van der Waals surface area (Å²) in [5.74, 6) is 0. The summed E-state index contributed by atoms with van der Waals surface area (Å²) < 4.78 is 1.15. The lowest BCUT2D eigenvalue weighted by Crippen LogP contribution is -2.29. The third kappa shape index (κ3) is 3.06. The Balaban J connectivity index is 2.07. The largest absolute Gasteiger partial charge is 0.122 e. The standard InChI is InChI=1S/C15H20BrCl/c1-2-15(8-3-4-9-15)14(17)11-12-6-5-7-13(16)10-12/h5-7,10,14H,2-4,8-9,11H2,1H3. The fourth-order valence-corrected chi connectivity index (χ4v) is 4.05. The topological polar surface area (TPSA) is 0 Å². The maximum Gasteiger partial charge on any atom is 0.0432 e. The zero-order valence-corrected chi connectivity index (χ0v) is 12.7. The molecule has 94 valence electrons. The second-order valence-corrected chi connectivity index (χ2v) is 6.67. The second-order valence-electron chi connectivity index (χ2n) is 5.22. The Morgan fingerprint density at radius 1 is 1.35 bits per heavy atom. The lowest BCUT2D eigenvalue weighted by Gasteiger charge is -2.33.